The Balaban J connectivity index is 1.19. The summed E-state index contributed by atoms with van der Waals surface area (Å²) in [5.74, 6) is 0. The third-order valence-electron chi connectivity index (χ3n) is 20.9. The molecule has 0 N–H and O–H groups in total. The number of hydrogen-bond donors (Lipinski definition) is 0. The standard InChI is InChI=1S/C82H88BN3O/c1-76(2,3)53-30-35-58(36-31-53)84(59-37-32-54(33-38-59)77(4,5)6)60-47-69-73-70(48-60)86-75-65(81(16)40-24-25-41-82(81,86)17)45-57(80(13,14)15)46-67(75)83(73)66-49-64-63-42-55(78(7,8)9)34-39-71(63)87-72(64)50-68(66)85(69)74-61(51-26-20-18-21-27-51)43-56(79(10,11)12)44-62(74)52-28-22-19-23-29-52/h18-23,26-39,42-50H,24-25,40-41H2,1-17H3. The average Bonchev–Trinajstić information content (AvgIpc) is 1.56. The van der Waals surface area contributed by atoms with Crippen LogP contribution in [0.5, 0.6) is 0 Å². The molecule has 2 atom stereocenters. The summed E-state index contributed by atoms with van der Waals surface area (Å²) in [6, 6.07) is 68.8. The molecule has 0 bridgehead atoms. The molecule has 0 saturated heterocycles. The maximum Gasteiger partial charge on any atom is 0.252 e. The third kappa shape index (κ3) is 8.97. The molecule has 1 aliphatic carbocycles. The van der Waals surface area contributed by atoms with Gasteiger partial charge in [-0.25, -0.2) is 0 Å². The first-order valence-corrected chi connectivity index (χ1v) is 32.3. The second kappa shape index (κ2) is 19.4. The fourth-order valence-corrected chi connectivity index (χ4v) is 15.5. The third-order valence-corrected chi connectivity index (χ3v) is 20.9. The van der Waals surface area contributed by atoms with Crippen LogP contribution in [0.4, 0.5) is 45.5 Å². The SMILES string of the molecule is CC(C)(C)c1ccc(N(c2ccc(C(C)(C)C)cc2)c2cc3c4c(c2)N2c5c(cc(C(C)(C)C)cc5C5(C)CCCCC25C)B4c2cc4c(cc2N3c2c(-c3ccccc3)cc(C(C)(C)C)cc2-c2ccccc2)oc2ccc(C(C)(C)C)cc24)cc1. The fraction of sp³-hybridized carbons (Fsp3) is 0.341. The van der Waals surface area contributed by atoms with Crippen LogP contribution in [0.3, 0.4) is 0 Å². The van der Waals surface area contributed by atoms with Crippen molar-refractivity contribution >= 4 is 90.5 Å². The van der Waals surface area contributed by atoms with Crippen molar-refractivity contribution in [2.75, 3.05) is 14.7 Å². The molecule has 0 amide bonds. The van der Waals surface area contributed by atoms with Crippen LogP contribution < -0.4 is 31.1 Å². The summed E-state index contributed by atoms with van der Waals surface area (Å²) >= 11 is 0. The van der Waals surface area contributed by atoms with Gasteiger partial charge in [0.1, 0.15) is 11.2 Å². The van der Waals surface area contributed by atoms with Gasteiger partial charge in [-0.05, 0) is 168 Å². The highest BCUT2D eigenvalue weighted by atomic mass is 16.3. The summed E-state index contributed by atoms with van der Waals surface area (Å²) in [5, 5.41) is 2.33. The lowest BCUT2D eigenvalue weighted by atomic mass is 9.33. The molecule has 14 rings (SSSR count). The Kier molecular flexibility index (Phi) is 12.7. The van der Waals surface area contributed by atoms with Gasteiger partial charge in [-0.2, -0.15) is 0 Å². The van der Waals surface area contributed by atoms with Gasteiger partial charge in [0.05, 0.1) is 16.9 Å². The highest BCUT2D eigenvalue weighted by Crippen LogP contribution is 2.63. The van der Waals surface area contributed by atoms with Gasteiger partial charge in [0.2, 0.25) is 0 Å². The van der Waals surface area contributed by atoms with E-state index in [1.165, 1.54) is 107 Å². The van der Waals surface area contributed by atoms with Crippen molar-refractivity contribution in [2.24, 2.45) is 0 Å². The minimum Gasteiger partial charge on any atom is -0.456 e. The van der Waals surface area contributed by atoms with E-state index in [1.807, 2.05) is 0 Å². The van der Waals surface area contributed by atoms with Crippen LogP contribution in [0, 0.1) is 0 Å². The molecule has 4 nitrogen and oxygen atoms in total. The quantitative estimate of drug-likeness (QED) is 0.155. The highest BCUT2D eigenvalue weighted by Gasteiger charge is 2.62. The number of anilines is 8. The smallest absolute Gasteiger partial charge is 0.252 e. The van der Waals surface area contributed by atoms with E-state index in [1.54, 1.807) is 0 Å². The Morgan fingerprint density at radius 1 is 0.414 bits per heavy atom. The molecule has 4 aliphatic rings. The van der Waals surface area contributed by atoms with Crippen molar-refractivity contribution in [3.8, 4) is 22.3 Å². The van der Waals surface area contributed by atoms with E-state index in [9.17, 15) is 0 Å². The first-order valence-electron chi connectivity index (χ1n) is 32.3. The Labute approximate surface area is 519 Å². The van der Waals surface area contributed by atoms with E-state index >= 15 is 0 Å². The summed E-state index contributed by atoms with van der Waals surface area (Å²) in [4.78, 5) is 8.21. The summed E-state index contributed by atoms with van der Waals surface area (Å²) in [6.45, 7) is 40.4. The number of rotatable bonds is 6. The minimum absolute atomic E-state index is 0.0119. The molecule has 440 valence electrons. The number of benzene rings is 9. The lowest BCUT2D eigenvalue weighted by Crippen LogP contribution is -2.64. The van der Waals surface area contributed by atoms with Crippen molar-refractivity contribution < 1.29 is 4.42 Å². The fourth-order valence-electron chi connectivity index (χ4n) is 15.5. The molecule has 87 heavy (non-hydrogen) atoms. The van der Waals surface area contributed by atoms with E-state index in [-0.39, 0.29) is 44.7 Å². The first kappa shape index (κ1) is 57.0. The summed E-state index contributed by atoms with van der Waals surface area (Å²) in [5.41, 5.74) is 27.7. The molecule has 5 heteroatoms. The molecule has 2 unspecified atom stereocenters. The van der Waals surface area contributed by atoms with Crippen molar-refractivity contribution in [2.45, 2.75) is 181 Å². The van der Waals surface area contributed by atoms with E-state index < -0.39 is 0 Å². The zero-order valence-corrected chi connectivity index (χ0v) is 54.9. The maximum absolute atomic E-state index is 7.23. The van der Waals surface area contributed by atoms with Crippen molar-refractivity contribution in [3.63, 3.8) is 0 Å². The Hall–Kier alpha value is -7.76. The molecule has 1 saturated carbocycles. The van der Waals surface area contributed by atoms with Crippen LogP contribution in [0.2, 0.25) is 0 Å². The van der Waals surface area contributed by atoms with Gasteiger partial charge in [-0.3, -0.25) is 0 Å². The molecule has 3 aliphatic heterocycles. The van der Waals surface area contributed by atoms with E-state index in [0.717, 1.165) is 57.8 Å². The largest absolute Gasteiger partial charge is 0.456 e. The van der Waals surface area contributed by atoms with Gasteiger partial charge < -0.3 is 19.1 Å². The zero-order chi connectivity index (χ0) is 61.3. The number of hydrogen-bond acceptors (Lipinski definition) is 4. The minimum atomic E-state index is -0.221. The molecular formula is C82H88BN3O. The van der Waals surface area contributed by atoms with Crippen molar-refractivity contribution in [1.29, 1.82) is 0 Å². The van der Waals surface area contributed by atoms with Crippen LogP contribution in [-0.2, 0) is 32.5 Å². The Bertz CT molecular complexity index is 4260. The number of fused-ring (bicyclic) bond motifs is 10. The number of furan rings is 1. The van der Waals surface area contributed by atoms with Crippen LogP contribution in [0.25, 0.3) is 44.2 Å². The van der Waals surface area contributed by atoms with Crippen molar-refractivity contribution in [3.05, 3.63) is 209 Å². The van der Waals surface area contributed by atoms with Crippen LogP contribution in [-0.4, -0.2) is 12.3 Å². The highest BCUT2D eigenvalue weighted by molar-refractivity contribution is 7.00. The maximum atomic E-state index is 7.23. The monoisotopic (exact) mass is 1140 g/mol. The van der Waals surface area contributed by atoms with Crippen LogP contribution in [0.15, 0.2) is 180 Å². The summed E-state index contributed by atoms with van der Waals surface area (Å²) in [6.07, 6.45) is 4.64. The van der Waals surface area contributed by atoms with E-state index in [0.29, 0.717) is 0 Å². The second-order valence-corrected chi connectivity index (χ2v) is 31.8. The normalized spacial score (nSPS) is 18.2. The average molecular weight is 1140 g/mol. The predicted molar refractivity (Wildman–Crippen MR) is 375 cm³/mol. The first-order chi connectivity index (χ1) is 41.0. The van der Waals surface area contributed by atoms with Crippen LogP contribution in [0.1, 0.15) is 177 Å². The Morgan fingerprint density at radius 2 is 0.908 bits per heavy atom. The topological polar surface area (TPSA) is 22.9 Å². The van der Waals surface area contributed by atoms with Gasteiger partial charge in [-0.1, -0.05) is 233 Å². The molecule has 9 aromatic carbocycles. The Morgan fingerprint density at radius 3 is 1.45 bits per heavy atom. The van der Waals surface area contributed by atoms with Gasteiger partial charge in [0.25, 0.3) is 6.71 Å². The van der Waals surface area contributed by atoms with Gasteiger partial charge in [0.15, 0.2) is 0 Å². The molecule has 4 heterocycles. The molecular weight excluding hydrogens is 1050 g/mol. The zero-order valence-electron chi connectivity index (χ0n) is 54.9. The number of nitrogens with zero attached hydrogens (tertiary/aromatic N) is 3. The van der Waals surface area contributed by atoms with E-state index in [2.05, 4.69) is 308 Å². The molecule has 1 fully saturated rings. The summed E-state index contributed by atoms with van der Waals surface area (Å²) in [7, 11) is 0. The molecule has 10 aromatic rings. The van der Waals surface area contributed by atoms with Crippen LogP contribution >= 0.6 is 0 Å². The lowest BCUT2D eigenvalue weighted by molar-refractivity contribution is 0.195. The van der Waals surface area contributed by atoms with Gasteiger partial charge in [-0.15, -0.1) is 0 Å². The van der Waals surface area contributed by atoms with E-state index in [4.69, 9.17) is 4.42 Å². The van der Waals surface area contributed by atoms with Gasteiger partial charge >= 0.3 is 0 Å². The molecule has 0 spiro atoms. The lowest BCUT2D eigenvalue weighted by Gasteiger charge is -2.53. The second-order valence-electron chi connectivity index (χ2n) is 31.8. The molecule has 0 radical (unpaired) electrons. The van der Waals surface area contributed by atoms with Gasteiger partial charge in [0, 0.05) is 67.5 Å². The summed E-state index contributed by atoms with van der Waals surface area (Å²) < 4.78 is 7.23. The predicted octanol–water partition coefficient (Wildman–Crippen LogP) is 21.2. The molecule has 1 aromatic heterocycles. The van der Waals surface area contributed by atoms with Crippen molar-refractivity contribution in [1.82, 2.24) is 0 Å².